The number of rotatable bonds is 3. The molecule has 0 bridgehead atoms. The Hall–Kier alpha value is -1.63. The highest BCUT2D eigenvalue weighted by molar-refractivity contribution is 7.09. The summed E-state index contributed by atoms with van der Waals surface area (Å²) in [6, 6.07) is 0. The average Bonchev–Trinajstić information content (AvgIpc) is 2.93. The van der Waals surface area contributed by atoms with E-state index in [4.69, 9.17) is 4.74 Å². The van der Waals surface area contributed by atoms with Gasteiger partial charge in [0.05, 0.1) is 30.8 Å². The van der Waals surface area contributed by atoms with Crippen LogP contribution >= 0.6 is 11.3 Å². The number of guanidine groups is 1. The SMILES string of the molecule is CN=C(NCc1scnc1C)N1CCC(C(=O)OC)CC1. The van der Waals surface area contributed by atoms with E-state index in [2.05, 4.69) is 20.2 Å². The Balaban J connectivity index is 1.86. The van der Waals surface area contributed by atoms with Crippen molar-refractivity contribution in [2.75, 3.05) is 27.2 Å². The molecule has 1 aliphatic rings. The summed E-state index contributed by atoms with van der Waals surface area (Å²) < 4.78 is 4.81. The maximum absolute atomic E-state index is 11.5. The van der Waals surface area contributed by atoms with Gasteiger partial charge in [-0.3, -0.25) is 9.79 Å². The fraction of sp³-hybridized carbons (Fsp3) is 0.643. The van der Waals surface area contributed by atoms with Gasteiger partial charge in [-0.05, 0) is 19.8 Å². The number of hydrogen-bond acceptors (Lipinski definition) is 5. The fourth-order valence-corrected chi connectivity index (χ4v) is 3.20. The molecule has 0 spiro atoms. The zero-order valence-electron chi connectivity index (χ0n) is 12.8. The van der Waals surface area contributed by atoms with Gasteiger partial charge in [0, 0.05) is 25.0 Å². The summed E-state index contributed by atoms with van der Waals surface area (Å²) in [5, 5.41) is 3.37. The molecule has 2 heterocycles. The normalized spacial score (nSPS) is 16.9. The van der Waals surface area contributed by atoms with Crippen LogP contribution in [0, 0.1) is 12.8 Å². The van der Waals surface area contributed by atoms with E-state index in [1.54, 1.807) is 18.4 Å². The molecule has 21 heavy (non-hydrogen) atoms. The first-order valence-corrected chi connectivity index (χ1v) is 7.96. The molecule has 6 nitrogen and oxygen atoms in total. The third-order valence-corrected chi connectivity index (χ3v) is 4.73. The Morgan fingerprint density at radius 1 is 1.57 bits per heavy atom. The second-order valence-electron chi connectivity index (χ2n) is 5.05. The molecule has 7 heteroatoms. The number of carbonyl (C=O) groups is 1. The summed E-state index contributed by atoms with van der Waals surface area (Å²) in [5.41, 5.74) is 2.92. The van der Waals surface area contributed by atoms with Crippen LogP contribution in [0.2, 0.25) is 0 Å². The molecule has 0 amide bonds. The number of aliphatic imine (C=N–C) groups is 1. The minimum atomic E-state index is -0.0992. The number of thiazole rings is 1. The number of esters is 1. The Labute approximate surface area is 129 Å². The standard InChI is InChI=1S/C14H22N4O2S/c1-10-12(21-9-17-10)8-16-14(15-2)18-6-4-11(5-7-18)13(19)20-3/h9,11H,4-8H2,1-3H3,(H,15,16). The van der Waals surface area contributed by atoms with E-state index < -0.39 is 0 Å². The van der Waals surface area contributed by atoms with E-state index in [9.17, 15) is 4.79 Å². The van der Waals surface area contributed by atoms with Crippen LogP contribution in [-0.2, 0) is 16.1 Å². The molecule has 0 radical (unpaired) electrons. The fourth-order valence-electron chi connectivity index (χ4n) is 2.48. The second kappa shape index (κ2) is 7.40. The highest BCUT2D eigenvalue weighted by Gasteiger charge is 2.26. The molecule has 1 fully saturated rings. The molecule has 0 aromatic carbocycles. The molecule has 1 N–H and O–H groups in total. The molecule has 1 aromatic heterocycles. The van der Waals surface area contributed by atoms with Gasteiger partial charge in [0.1, 0.15) is 0 Å². The lowest BCUT2D eigenvalue weighted by atomic mass is 9.97. The van der Waals surface area contributed by atoms with Gasteiger partial charge in [0.2, 0.25) is 0 Å². The van der Waals surface area contributed by atoms with Gasteiger partial charge in [-0.25, -0.2) is 4.98 Å². The number of piperidine rings is 1. The van der Waals surface area contributed by atoms with Crippen LogP contribution in [0.5, 0.6) is 0 Å². The number of methoxy groups -OCH3 is 1. The lowest BCUT2D eigenvalue weighted by Gasteiger charge is -2.33. The predicted molar refractivity (Wildman–Crippen MR) is 83.4 cm³/mol. The monoisotopic (exact) mass is 310 g/mol. The number of hydrogen-bond donors (Lipinski definition) is 1. The van der Waals surface area contributed by atoms with E-state index >= 15 is 0 Å². The van der Waals surface area contributed by atoms with Gasteiger partial charge in [0.25, 0.3) is 0 Å². The first-order chi connectivity index (χ1) is 10.2. The lowest BCUT2D eigenvalue weighted by molar-refractivity contribution is -0.146. The van der Waals surface area contributed by atoms with Gasteiger partial charge in [-0.2, -0.15) is 0 Å². The van der Waals surface area contributed by atoms with Gasteiger partial charge >= 0.3 is 5.97 Å². The maximum Gasteiger partial charge on any atom is 0.308 e. The summed E-state index contributed by atoms with van der Waals surface area (Å²) >= 11 is 1.65. The largest absolute Gasteiger partial charge is 0.469 e. The Morgan fingerprint density at radius 2 is 2.29 bits per heavy atom. The van der Waals surface area contributed by atoms with E-state index in [-0.39, 0.29) is 11.9 Å². The number of ether oxygens (including phenoxy) is 1. The number of aryl methyl sites for hydroxylation is 1. The van der Waals surface area contributed by atoms with Crippen molar-refractivity contribution >= 4 is 23.3 Å². The highest BCUT2D eigenvalue weighted by atomic mass is 32.1. The van der Waals surface area contributed by atoms with Crippen molar-refractivity contribution in [3.63, 3.8) is 0 Å². The molecule has 0 unspecified atom stereocenters. The van der Waals surface area contributed by atoms with Gasteiger partial charge < -0.3 is 15.0 Å². The molecule has 116 valence electrons. The topological polar surface area (TPSA) is 66.8 Å². The van der Waals surface area contributed by atoms with Crippen molar-refractivity contribution < 1.29 is 9.53 Å². The second-order valence-corrected chi connectivity index (χ2v) is 5.99. The molecule has 1 aromatic rings. The Morgan fingerprint density at radius 3 is 2.81 bits per heavy atom. The van der Waals surface area contributed by atoms with Crippen LogP contribution in [0.15, 0.2) is 10.5 Å². The van der Waals surface area contributed by atoms with E-state index in [1.165, 1.54) is 12.0 Å². The number of carbonyl (C=O) groups excluding carboxylic acids is 1. The molecule has 2 rings (SSSR count). The van der Waals surface area contributed by atoms with Crippen molar-refractivity contribution in [3.8, 4) is 0 Å². The highest BCUT2D eigenvalue weighted by Crippen LogP contribution is 2.19. The summed E-state index contributed by atoms with van der Waals surface area (Å²) in [4.78, 5) is 23.5. The first-order valence-electron chi connectivity index (χ1n) is 7.08. The molecule has 0 saturated carbocycles. The minimum Gasteiger partial charge on any atom is -0.469 e. The van der Waals surface area contributed by atoms with E-state index in [0.29, 0.717) is 0 Å². The quantitative estimate of drug-likeness (QED) is 0.519. The summed E-state index contributed by atoms with van der Waals surface area (Å²) in [6.45, 7) is 4.39. The summed E-state index contributed by atoms with van der Waals surface area (Å²) in [7, 11) is 3.24. The molecule has 0 atom stereocenters. The minimum absolute atomic E-state index is 0.0214. The van der Waals surface area contributed by atoms with Crippen LogP contribution in [0.4, 0.5) is 0 Å². The number of likely N-dealkylation sites (tertiary alicyclic amines) is 1. The number of nitrogens with zero attached hydrogens (tertiary/aromatic N) is 3. The zero-order chi connectivity index (χ0) is 15.2. The number of aromatic nitrogens is 1. The van der Waals surface area contributed by atoms with Crippen molar-refractivity contribution in [2.24, 2.45) is 10.9 Å². The first kappa shape index (κ1) is 15.8. The van der Waals surface area contributed by atoms with Gasteiger partial charge in [-0.15, -0.1) is 11.3 Å². The van der Waals surface area contributed by atoms with Gasteiger partial charge in [-0.1, -0.05) is 0 Å². The molecule has 0 aliphatic carbocycles. The van der Waals surface area contributed by atoms with Crippen LogP contribution in [-0.4, -0.2) is 49.1 Å². The van der Waals surface area contributed by atoms with Crippen molar-refractivity contribution in [1.29, 1.82) is 0 Å². The van der Waals surface area contributed by atoms with Gasteiger partial charge in [0.15, 0.2) is 5.96 Å². The summed E-state index contributed by atoms with van der Waals surface area (Å²) in [5.74, 6) is 0.803. The Bertz CT molecular complexity index is 507. The van der Waals surface area contributed by atoms with Crippen molar-refractivity contribution in [3.05, 3.63) is 16.1 Å². The van der Waals surface area contributed by atoms with E-state index in [0.717, 1.165) is 44.1 Å². The van der Waals surface area contributed by atoms with Crippen molar-refractivity contribution in [1.82, 2.24) is 15.2 Å². The van der Waals surface area contributed by atoms with E-state index in [1.807, 2.05) is 12.4 Å². The molecule has 1 aliphatic heterocycles. The van der Waals surface area contributed by atoms with Crippen LogP contribution in [0.25, 0.3) is 0 Å². The number of nitrogens with one attached hydrogen (secondary N) is 1. The average molecular weight is 310 g/mol. The molecular weight excluding hydrogens is 288 g/mol. The Kier molecular flexibility index (Phi) is 5.55. The lowest BCUT2D eigenvalue weighted by Crippen LogP contribution is -2.46. The summed E-state index contributed by atoms with van der Waals surface area (Å²) in [6.07, 6.45) is 1.62. The maximum atomic E-state index is 11.5. The predicted octanol–water partition coefficient (Wildman–Crippen LogP) is 1.41. The smallest absolute Gasteiger partial charge is 0.308 e. The third kappa shape index (κ3) is 3.93. The van der Waals surface area contributed by atoms with Crippen LogP contribution in [0.3, 0.4) is 0 Å². The molecular formula is C14H22N4O2S. The van der Waals surface area contributed by atoms with Crippen LogP contribution < -0.4 is 5.32 Å². The zero-order valence-corrected chi connectivity index (χ0v) is 13.6. The molecule has 1 saturated heterocycles. The third-order valence-electron chi connectivity index (χ3n) is 3.79. The van der Waals surface area contributed by atoms with Crippen molar-refractivity contribution in [2.45, 2.75) is 26.3 Å². The van der Waals surface area contributed by atoms with Crippen LogP contribution in [0.1, 0.15) is 23.4 Å².